The zero-order valence-corrected chi connectivity index (χ0v) is 13.4. The molecule has 1 aromatic carbocycles. The zero-order chi connectivity index (χ0) is 16.6. The van der Waals surface area contributed by atoms with Crippen molar-refractivity contribution in [1.82, 2.24) is 4.98 Å². The number of carbonyl (C=O) groups is 1. The number of nitrogens with zero attached hydrogens (tertiary/aromatic N) is 1. The monoisotopic (exact) mass is 339 g/mol. The summed E-state index contributed by atoms with van der Waals surface area (Å²) in [5.74, 6) is -1.28. The van der Waals surface area contributed by atoms with Crippen molar-refractivity contribution in [2.75, 3.05) is 6.61 Å². The summed E-state index contributed by atoms with van der Waals surface area (Å²) >= 11 is 5.91. The molecule has 4 rings (SSSR count). The van der Waals surface area contributed by atoms with E-state index in [0.717, 1.165) is 16.7 Å². The molecule has 1 aromatic heterocycles. The van der Waals surface area contributed by atoms with Crippen LogP contribution in [0.15, 0.2) is 72.1 Å². The number of carbonyl (C=O) groups excluding carboxylic acids is 1. The van der Waals surface area contributed by atoms with Crippen molar-refractivity contribution in [2.45, 2.75) is 11.9 Å². The van der Waals surface area contributed by atoms with Crippen LogP contribution in [-0.2, 0) is 14.3 Å². The highest BCUT2D eigenvalue weighted by atomic mass is 35.5. The summed E-state index contributed by atoms with van der Waals surface area (Å²) in [6, 6.07) is 12.1. The number of hydrogen-bond donors (Lipinski definition) is 0. The zero-order valence-electron chi connectivity index (χ0n) is 12.7. The lowest BCUT2D eigenvalue weighted by Gasteiger charge is -2.23. The predicted molar refractivity (Wildman–Crippen MR) is 90.3 cm³/mol. The van der Waals surface area contributed by atoms with Gasteiger partial charge in [-0.1, -0.05) is 35.9 Å². The molecule has 4 nitrogen and oxygen atoms in total. The van der Waals surface area contributed by atoms with Crippen molar-refractivity contribution in [3.63, 3.8) is 0 Å². The highest BCUT2D eigenvalue weighted by Gasteiger charge is 2.41. The largest absolute Gasteiger partial charge is 0.340 e. The van der Waals surface area contributed by atoms with Crippen LogP contribution in [0.1, 0.15) is 11.7 Å². The van der Waals surface area contributed by atoms with Crippen LogP contribution in [0.3, 0.4) is 0 Å². The molecule has 0 radical (unpaired) electrons. The van der Waals surface area contributed by atoms with Crippen LogP contribution in [0, 0.1) is 0 Å². The van der Waals surface area contributed by atoms with Crippen LogP contribution in [0.5, 0.6) is 0 Å². The van der Waals surface area contributed by atoms with Crippen LogP contribution in [0.25, 0.3) is 11.1 Å². The van der Waals surface area contributed by atoms with Gasteiger partial charge >= 0.3 is 0 Å². The summed E-state index contributed by atoms with van der Waals surface area (Å²) < 4.78 is 11.8. The first-order chi connectivity index (χ1) is 11.7. The Balaban J connectivity index is 1.54. The average Bonchev–Trinajstić information content (AvgIpc) is 3.03. The van der Waals surface area contributed by atoms with E-state index in [9.17, 15) is 4.79 Å². The Morgan fingerprint density at radius 3 is 2.50 bits per heavy atom. The molecule has 1 fully saturated rings. The summed E-state index contributed by atoms with van der Waals surface area (Å²) in [6.45, 7) is 0.397. The summed E-state index contributed by atoms with van der Waals surface area (Å²) in [5, 5.41) is 0.117. The van der Waals surface area contributed by atoms with E-state index < -0.39 is 5.79 Å². The molecule has 0 amide bonds. The van der Waals surface area contributed by atoms with Crippen molar-refractivity contribution < 1.29 is 14.3 Å². The topological polar surface area (TPSA) is 48.4 Å². The number of hydrogen-bond acceptors (Lipinski definition) is 4. The summed E-state index contributed by atoms with van der Waals surface area (Å²) in [7, 11) is 0. The molecule has 1 aliphatic carbocycles. The van der Waals surface area contributed by atoms with Crippen molar-refractivity contribution in [2.24, 2.45) is 0 Å². The highest BCUT2D eigenvalue weighted by molar-refractivity contribution is 6.44. The van der Waals surface area contributed by atoms with Crippen LogP contribution < -0.4 is 0 Å². The molecule has 2 aliphatic rings. The molecule has 0 bridgehead atoms. The molecule has 0 N–H and O–H groups in total. The van der Waals surface area contributed by atoms with Crippen molar-refractivity contribution in [3.05, 3.63) is 77.6 Å². The number of aromatic nitrogens is 1. The first kappa shape index (κ1) is 15.3. The van der Waals surface area contributed by atoms with Gasteiger partial charge in [0.05, 0.1) is 11.6 Å². The number of allylic oxidation sites excluding steroid dienone is 2. The second-order valence-corrected chi connectivity index (χ2v) is 6.09. The van der Waals surface area contributed by atoms with Crippen molar-refractivity contribution >= 4 is 17.4 Å². The van der Waals surface area contributed by atoms with E-state index >= 15 is 0 Å². The van der Waals surface area contributed by atoms with Gasteiger partial charge in [0, 0.05) is 18.5 Å². The molecule has 2 heterocycles. The van der Waals surface area contributed by atoms with Gasteiger partial charge in [0.1, 0.15) is 6.10 Å². The maximum atomic E-state index is 11.5. The van der Waals surface area contributed by atoms with Gasteiger partial charge in [0.25, 0.3) is 0 Å². The summed E-state index contributed by atoms with van der Waals surface area (Å²) in [5.41, 5.74) is 3.24. The van der Waals surface area contributed by atoms with E-state index in [4.69, 9.17) is 21.1 Å². The van der Waals surface area contributed by atoms with Crippen LogP contribution >= 0.6 is 11.6 Å². The lowest BCUT2D eigenvalue weighted by molar-refractivity contribution is -0.114. The SMILES string of the molecule is O=C1C=C[C@]2(C=C1Cl)OC[C@H](c1ccc(-c3ccncc3)cc1)O2. The Morgan fingerprint density at radius 1 is 1.08 bits per heavy atom. The molecule has 0 saturated carbocycles. The smallest absolute Gasteiger partial charge is 0.211 e. The lowest BCUT2D eigenvalue weighted by Crippen LogP contribution is -2.28. The van der Waals surface area contributed by atoms with Crippen LogP contribution in [-0.4, -0.2) is 23.2 Å². The van der Waals surface area contributed by atoms with E-state index in [1.807, 2.05) is 36.4 Å². The molecule has 2 atom stereocenters. The van der Waals surface area contributed by atoms with Gasteiger partial charge in [0.15, 0.2) is 5.78 Å². The van der Waals surface area contributed by atoms with E-state index in [1.165, 1.54) is 12.2 Å². The molecule has 2 aromatic rings. The van der Waals surface area contributed by atoms with Gasteiger partial charge in [-0.25, -0.2) is 0 Å². The third-order valence-corrected chi connectivity index (χ3v) is 4.41. The summed E-state index contributed by atoms with van der Waals surface area (Å²) in [6.07, 6.45) is 7.84. The molecule has 120 valence electrons. The van der Waals surface area contributed by atoms with Gasteiger partial charge in [-0.15, -0.1) is 0 Å². The second-order valence-electron chi connectivity index (χ2n) is 5.69. The normalized spacial score (nSPS) is 26.0. The first-order valence-corrected chi connectivity index (χ1v) is 7.97. The Morgan fingerprint density at radius 2 is 1.79 bits per heavy atom. The summed E-state index contributed by atoms with van der Waals surface area (Å²) in [4.78, 5) is 15.5. The van der Waals surface area contributed by atoms with Gasteiger partial charge in [0.2, 0.25) is 5.79 Å². The molecule has 1 spiro atoms. The first-order valence-electron chi connectivity index (χ1n) is 7.59. The minimum Gasteiger partial charge on any atom is -0.340 e. The third-order valence-electron chi connectivity index (χ3n) is 4.11. The third kappa shape index (κ3) is 2.80. The van der Waals surface area contributed by atoms with Gasteiger partial charge in [-0.05, 0) is 41.0 Å². The lowest BCUT2D eigenvalue weighted by atomic mass is 10.0. The second kappa shape index (κ2) is 5.98. The number of ketones is 1. The van der Waals surface area contributed by atoms with Gasteiger partial charge in [-0.2, -0.15) is 0 Å². The molecule has 0 unspecified atom stereocenters. The van der Waals surface area contributed by atoms with E-state index in [1.54, 1.807) is 18.5 Å². The Bertz CT molecular complexity index is 829. The number of rotatable bonds is 2. The molecule has 1 aliphatic heterocycles. The number of pyridine rings is 1. The fraction of sp³-hybridized carbons (Fsp3) is 0.158. The fourth-order valence-corrected chi connectivity index (χ4v) is 3.04. The van der Waals surface area contributed by atoms with Gasteiger partial charge < -0.3 is 9.47 Å². The van der Waals surface area contributed by atoms with Crippen molar-refractivity contribution in [3.8, 4) is 11.1 Å². The van der Waals surface area contributed by atoms with E-state index in [0.29, 0.717) is 6.61 Å². The molecular formula is C19H14ClNO3. The maximum absolute atomic E-state index is 11.5. The Hall–Kier alpha value is -2.27. The van der Waals surface area contributed by atoms with Gasteiger partial charge in [-0.3, -0.25) is 9.78 Å². The Labute approximate surface area is 144 Å². The number of halogens is 1. The van der Waals surface area contributed by atoms with E-state index in [2.05, 4.69) is 4.98 Å². The number of ether oxygens (including phenoxy) is 2. The molecule has 1 saturated heterocycles. The van der Waals surface area contributed by atoms with Crippen molar-refractivity contribution in [1.29, 1.82) is 0 Å². The van der Waals surface area contributed by atoms with E-state index in [-0.39, 0.29) is 16.9 Å². The predicted octanol–water partition coefficient (Wildman–Crippen LogP) is 3.79. The molecule has 24 heavy (non-hydrogen) atoms. The average molecular weight is 340 g/mol. The standard InChI is InChI=1S/C19H14ClNO3/c20-16-11-19(8-5-17(16)22)23-12-18(24-19)15-3-1-13(2-4-15)14-6-9-21-10-7-14/h1-11,18H,12H2/t18-,19+/m1/s1. The molecule has 5 heteroatoms. The highest BCUT2D eigenvalue weighted by Crippen LogP contribution is 2.38. The van der Waals surface area contributed by atoms with Crippen LogP contribution in [0.2, 0.25) is 0 Å². The minimum atomic E-state index is -1.04. The van der Waals surface area contributed by atoms with Crippen LogP contribution in [0.4, 0.5) is 0 Å². The fourth-order valence-electron chi connectivity index (χ4n) is 2.83. The quantitative estimate of drug-likeness (QED) is 0.835. The maximum Gasteiger partial charge on any atom is 0.211 e. The minimum absolute atomic E-state index is 0.117. The Kier molecular flexibility index (Phi) is 3.81. The number of benzene rings is 1. The molecular weight excluding hydrogens is 326 g/mol.